The van der Waals surface area contributed by atoms with Crippen LogP contribution in [-0.2, 0) is 9.59 Å². The highest BCUT2D eigenvalue weighted by atomic mass is 16.2. The minimum Gasteiger partial charge on any atom is -0.343 e. The van der Waals surface area contributed by atoms with Crippen LogP contribution in [0.2, 0.25) is 0 Å². The lowest BCUT2D eigenvalue weighted by Crippen LogP contribution is -2.54. The molecule has 2 aromatic heterocycles. The van der Waals surface area contributed by atoms with Gasteiger partial charge in [0, 0.05) is 24.3 Å². The molecular formula is C27H35N5O2. The van der Waals surface area contributed by atoms with Gasteiger partial charge in [-0.15, -0.1) is 0 Å². The fraction of sp³-hybridized carbons (Fsp3) is 0.444. The predicted octanol–water partition coefficient (Wildman–Crippen LogP) is 3.75. The number of nitrogens with one attached hydrogen (secondary N) is 2. The van der Waals surface area contributed by atoms with Crippen LogP contribution in [0.3, 0.4) is 0 Å². The van der Waals surface area contributed by atoms with E-state index >= 15 is 0 Å². The summed E-state index contributed by atoms with van der Waals surface area (Å²) in [4.78, 5) is 32.7. The van der Waals surface area contributed by atoms with Crippen LogP contribution in [0.15, 0.2) is 48.8 Å². The lowest BCUT2D eigenvalue weighted by molar-refractivity contribution is -0.138. The minimum absolute atomic E-state index is 0.0102. The zero-order valence-electron chi connectivity index (χ0n) is 20.7. The molecule has 1 aromatic carbocycles. The Morgan fingerprint density at radius 3 is 2.65 bits per heavy atom. The topological polar surface area (TPSA) is 79.3 Å². The van der Waals surface area contributed by atoms with Crippen molar-refractivity contribution >= 4 is 22.7 Å². The molecule has 2 N–H and O–H groups in total. The molecule has 7 heteroatoms. The normalized spacial score (nSPS) is 17.8. The Hall–Kier alpha value is -3.19. The van der Waals surface area contributed by atoms with Crippen LogP contribution in [0.25, 0.3) is 16.7 Å². The van der Waals surface area contributed by atoms with Crippen LogP contribution in [0.5, 0.6) is 0 Å². The highest BCUT2D eigenvalue weighted by Crippen LogP contribution is 2.34. The quantitative estimate of drug-likeness (QED) is 0.562. The van der Waals surface area contributed by atoms with Crippen LogP contribution in [-0.4, -0.2) is 51.9 Å². The fourth-order valence-electron chi connectivity index (χ4n) is 4.79. The third kappa shape index (κ3) is 4.57. The van der Waals surface area contributed by atoms with Crippen molar-refractivity contribution in [2.24, 2.45) is 5.92 Å². The van der Waals surface area contributed by atoms with Gasteiger partial charge in [0.15, 0.2) is 0 Å². The average molecular weight is 462 g/mol. The molecule has 3 heterocycles. The molecule has 34 heavy (non-hydrogen) atoms. The highest BCUT2D eigenvalue weighted by molar-refractivity contribution is 5.90. The van der Waals surface area contributed by atoms with Gasteiger partial charge < -0.3 is 20.1 Å². The van der Waals surface area contributed by atoms with Gasteiger partial charge in [0.1, 0.15) is 11.9 Å². The molecular weight excluding hydrogens is 426 g/mol. The van der Waals surface area contributed by atoms with Gasteiger partial charge in [0.25, 0.3) is 0 Å². The molecule has 4 rings (SSSR count). The van der Waals surface area contributed by atoms with Crippen molar-refractivity contribution in [3.8, 4) is 5.82 Å². The molecule has 1 saturated heterocycles. The summed E-state index contributed by atoms with van der Waals surface area (Å²) in [7, 11) is 1.74. The summed E-state index contributed by atoms with van der Waals surface area (Å²) in [5.41, 5.74) is 3.39. The van der Waals surface area contributed by atoms with Gasteiger partial charge in [0.2, 0.25) is 11.8 Å². The second-order valence-electron chi connectivity index (χ2n) is 9.58. The maximum absolute atomic E-state index is 13.6. The van der Waals surface area contributed by atoms with Gasteiger partial charge in [-0.1, -0.05) is 32.0 Å². The third-order valence-electron chi connectivity index (χ3n) is 6.90. The highest BCUT2D eigenvalue weighted by Gasteiger charge is 2.36. The number of benzene rings is 1. The van der Waals surface area contributed by atoms with E-state index in [1.165, 1.54) is 10.9 Å². The zero-order chi connectivity index (χ0) is 24.4. The van der Waals surface area contributed by atoms with Crippen molar-refractivity contribution in [2.45, 2.75) is 58.7 Å². The molecule has 0 bridgehead atoms. The van der Waals surface area contributed by atoms with E-state index in [4.69, 9.17) is 0 Å². The van der Waals surface area contributed by atoms with Gasteiger partial charge in [-0.3, -0.25) is 9.59 Å². The van der Waals surface area contributed by atoms with Crippen molar-refractivity contribution < 1.29 is 9.59 Å². The van der Waals surface area contributed by atoms with E-state index in [2.05, 4.69) is 51.5 Å². The van der Waals surface area contributed by atoms with Crippen molar-refractivity contribution in [1.82, 2.24) is 25.1 Å². The van der Waals surface area contributed by atoms with Crippen LogP contribution in [0, 0.1) is 12.8 Å². The lowest BCUT2D eigenvalue weighted by Gasteiger charge is -2.32. The number of carbonyl (C=O) groups is 2. The van der Waals surface area contributed by atoms with E-state index < -0.39 is 6.04 Å². The summed E-state index contributed by atoms with van der Waals surface area (Å²) in [6.45, 7) is 8.54. The molecule has 180 valence electrons. The van der Waals surface area contributed by atoms with Gasteiger partial charge in [-0.2, -0.15) is 0 Å². The number of likely N-dealkylation sites (N-methyl/N-ethyl adjacent to an activating group) is 1. The number of fused-ring (bicyclic) bond motifs is 1. The molecule has 0 aliphatic carbocycles. The van der Waals surface area contributed by atoms with Gasteiger partial charge in [0.05, 0.1) is 17.6 Å². The molecule has 0 saturated carbocycles. The number of carbonyl (C=O) groups excluding carboxylic acids is 2. The SMILES string of the molecule is CNC(C)C(=O)NC(C(=O)N1CCCC1c1ccnc(-n2cc(C)c3ccccc32)c1)C(C)C. The van der Waals surface area contributed by atoms with E-state index in [9.17, 15) is 9.59 Å². The summed E-state index contributed by atoms with van der Waals surface area (Å²) in [6.07, 6.45) is 5.77. The van der Waals surface area contributed by atoms with Crippen LogP contribution < -0.4 is 10.6 Å². The molecule has 3 unspecified atom stereocenters. The number of aryl methyl sites for hydroxylation is 1. The van der Waals surface area contributed by atoms with E-state index in [1.807, 2.05) is 43.1 Å². The fourth-order valence-corrected chi connectivity index (χ4v) is 4.79. The van der Waals surface area contributed by atoms with Crippen LogP contribution >= 0.6 is 0 Å². The monoisotopic (exact) mass is 461 g/mol. The van der Waals surface area contributed by atoms with Crippen molar-refractivity contribution in [3.05, 3.63) is 59.9 Å². The molecule has 1 aliphatic rings. The van der Waals surface area contributed by atoms with E-state index in [1.54, 1.807) is 14.0 Å². The summed E-state index contributed by atoms with van der Waals surface area (Å²) < 4.78 is 2.12. The van der Waals surface area contributed by atoms with E-state index in [0.717, 1.165) is 29.7 Å². The molecule has 3 atom stereocenters. The molecule has 0 spiro atoms. The zero-order valence-corrected chi connectivity index (χ0v) is 20.7. The number of hydrogen-bond donors (Lipinski definition) is 2. The summed E-state index contributed by atoms with van der Waals surface area (Å²) in [5.74, 6) is 0.655. The average Bonchev–Trinajstić information content (AvgIpc) is 3.47. The number of nitrogens with zero attached hydrogens (tertiary/aromatic N) is 3. The van der Waals surface area contributed by atoms with Crippen molar-refractivity contribution in [1.29, 1.82) is 0 Å². The number of rotatable bonds is 7. The number of aromatic nitrogens is 2. The maximum atomic E-state index is 13.6. The van der Waals surface area contributed by atoms with Crippen molar-refractivity contribution in [2.75, 3.05) is 13.6 Å². The molecule has 3 aromatic rings. The van der Waals surface area contributed by atoms with E-state index in [-0.39, 0.29) is 29.8 Å². The molecule has 0 radical (unpaired) electrons. The predicted molar refractivity (Wildman–Crippen MR) is 135 cm³/mol. The Morgan fingerprint density at radius 1 is 1.15 bits per heavy atom. The summed E-state index contributed by atoms with van der Waals surface area (Å²) in [5, 5.41) is 7.12. The second-order valence-corrected chi connectivity index (χ2v) is 9.58. The number of para-hydroxylation sites is 1. The number of hydrogen-bond acceptors (Lipinski definition) is 4. The molecule has 7 nitrogen and oxygen atoms in total. The first kappa shape index (κ1) is 24.0. The standard InChI is InChI=1S/C27H35N5O2/c1-17(2)25(30-26(33)19(4)28-5)27(34)31-14-8-11-22(31)20-12-13-29-24(15-20)32-16-18(3)21-9-6-7-10-23(21)32/h6-7,9-10,12-13,15-17,19,22,25,28H,8,11,14H2,1-5H3,(H,30,33). The van der Waals surface area contributed by atoms with Crippen LogP contribution in [0.4, 0.5) is 0 Å². The number of amides is 2. The van der Waals surface area contributed by atoms with Crippen molar-refractivity contribution in [3.63, 3.8) is 0 Å². The Kier molecular flexibility index (Phi) is 7.03. The number of pyridine rings is 1. The Bertz CT molecular complexity index is 1180. The summed E-state index contributed by atoms with van der Waals surface area (Å²) in [6, 6.07) is 11.5. The molecule has 1 fully saturated rings. The smallest absolute Gasteiger partial charge is 0.245 e. The third-order valence-corrected chi connectivity index (χ3v) is 6.90. The largest absolute Gasteiger partial charge is 0.343 e. The Balaban J connectivity index is 1.62. The second kappa shape index (κ2) is 9.97. The first-order chi connectivity index (χ1) is 16.3. The van der Waals surface area contributed by atoms with Gasteiger partial charge >= 0.3 is 0 Å². The van der Waals surface area contributed by atoms with Crippen LogP contribution in [0.1, 0.15) is 50.8 Å². The summed E-state index contributed by atoms with van der Waals surface area (Å²) >= 11 is 0. The maximum Gasteiger partial charge on any atom is 0.245 e. The van der Waals surface area contributed by atoms with E-state index in [0.29, 0.717) is 6.54 Å². The Morgan fingerprint density at radius 2 is 1.91 bits per heavy atom. The first-order valence-electron chi connectivity index (χ1n) is 12.1. The van der Waals surface area contributed by atoms with Gasteiger partial charge in [-0.25, -0.2) is 4.98 Å². The first-order valence-corrected chi connectivity index (χ1v) is 12.1. The van der Waals surface area contributed by atoms with Gasteiger partial charge in [-0.05, 0) is 69.0 Å². The number of likely N-dealkylation sites (tertiary alicyclic amines) is 1. The lowest BCUT2D eigenvalue weighted by atomic mass is 10.00. The minimum atomic E-state index is -0.554. The molecule has 2 amide bonds. The molecule has 1 aliphatic heterocycles. The Labute approximate surface area is 201 Å².